The van der Waals surface area contributed by atoms with E-state index in [1.54, 1.807) is 21.0 Å². The Labute approximate surface area is 142 Å². The number of pyridine rings is 1. The molecule has 1 aromatic carbocycles. The lowest BCUT2D eigenvalue weighted by Crippen LogP contribution is -2.50. The van der Waals surface area contributed by atoms with E-state index in [9.17, 15) is 4.79 Å². The molecule has 1 fully saturated rings. The van der Waals surface area contributed by atoms with Crippen molar-refractivity contribution in [1.82, 2.24) is 10.3 Å². The highest BCUT2D eigenvalue weighted by Gasteiger charge is 2.34. The number of nitrogens with one attached hydrogen (secondary N) is 1. The molecule has 2 atom stereocenters. The normalized spacial score (nSPS) is 21.1. The second-order valence-electron chi connectivity index (χ2n) is 6.78. The summed E-state index contributed by atoms with van der Waals surface area (Å²) >= 11 is 0. The maximum atomic E-state index is 12.4. The van der Waals surface area contributed by atoms with Gasteiger partial charge in [0.15, 0.2) is 0 Å². The number of fused-ring (bicyclic) bond motifs is 1. The summed E-state index contributed by atoms with van der Waals surface area (Å²) in [6.45, 7) is 4.72. The van der Waals surface area contributed by atoms with Crippen molar-refractivity contribution in [3.05, 3.63) is 42.1 Å². The van der Waals surface area contributed by atoms with Crippen LogP contribution in [0.25, 0.3) is 10.9 Å². The number of amides is 1. The molecule has 1 amide bonds. The van der Waals surface area contributed by atoms with Crippen LogP contribution < -0.4 is 5.32 Å². The third kappa shape index (κ3) is 3.42. The standard InChI is InChI=1S/C19H24N2O3/c1-19(2,23-3)18(22)21-17-12-24-11-14(17)10-13-8-9-20-16-7-5-4-6-15(13)16/h4-9,14,17H,10-12H2,1-3H3,(H,21,22). The quantitative estimate of drug-likeness (QED) is 0.915. The second kappa shape index (κ2) is 6.87. The lowest BCUT2D eigenvalue weighted by Gasteiger charge is -2.26. The molecule has 0 radical (unpaired) electrons. The van der Waals surface area contributed by atoms with Gasteiger partial charge in [-0.15, -0.1) is 0 Å². The van der Waals surface area contributed by atoms with Gasteiger partial charge in [-0.2, -0.15) is 0 Å². The molecular formula is C19H24N2O3. The Bertz CT molecular complexity index is 724. The summed E-state index contributed by atoms with van der Waals surface area (Å²) in [4.78, 5) is 16.8. The number of carbonyl (C=O) groups excluding carboxylic acids is 1. The molecule has 1 N–H and O–H groups in total. The maximum absolute atomic E-state index is 12.4. The molecular weight excluding hydrogens is 304 g/mol. The van der Waals surface area contributed by atoms with Crippen molar-refractivity contribution in [2.45, 2.75) is 31.9 Å². The highest BCUT2D eigenvalue weighted by atomic mass is 16.5. The van der Waals surface area contributed by atoms with Crippen molar-refractivity contribution in [2.24, 2.45) is 5.92 Å². The molecule has 5 heteroatoms. The zero-order chi connectivity index (χ0) is 17.2. The van der Waals surface area contributed by atoms with Crippen LogP contribution in [0.2, 0.25) is 0 Å². The minimum Gasteiger partial charge on any atom is -0.379 e. The Morgan fingerprint density at radius 3 is 2.92 bits per heavy atom. The first-order chi connectivity index (χ1) is 11.5. The topological polar surface area (TPSA) is 60.5 Å². The van der Waals surface area contributed by atoms with Gasteiger partial charge in [0.05, 0.1) is 24.8 Å². The fourth-order valence-corrected chi connectivity index (χ4v) is 3.01. The van der Waals surface area contributed by atoms with E-state index < -0.39 is 5.60 Å². The van der Waals surface area contributed by atoms with E-state index in [1.165, 1.54) is 5.56 Å². The van der Waals surface area contributed by atoms with Gasteiger partial charge in [0.2, 0.25) is 0 Å². The molecule has 1 aliphatic rings. The number of benzene rings is 1. The number of methoxy groups -OCH3 is 1. The minimum atomic E-state index is -0.837. The largest absolute Gasteiger partial charge is 0.379 e. The summed E-state index contributed by atoms with van der Waals surface area (Å²) in [6.07, 6.45) is 2.69. The fourth-order valence-electron chi connectivity index (χ4n) is 3.01. The number of rotatable bonds is 5. The first-order valence-corrected chi connectivity index (χ1v) is 8.28. The van der Waals surface area contributed by atoms with E-state index in [-0.39, 0.29) is 17.9 Å². The zero-order valence-electron chi connectivity index (χ0n) is 14.4. The van der Waals surface area contributed by atoms with Crippen molar-refractivity contribution >= 4 is 16.8 Å². The van der Waals surface area contributed by atoms with Crippen molar-refractivity contribution in [3.63, 3.8) is 0 Å². The minimum absolute atomic E-state index is 0.00106. The molecule has 0 aliphatic carbocycles. The van der Waals surface area contributed by atoms with Gasteiger partial charge < -0.3 is 14.8 Å². The number of aromatic nitrogens is 1. The Morgan fingerprint density at radius 1 is 1.33 bits per heavy atom. The smallest absolute Gasteiger partial charge is 0.251 e. The Morgan fingerprint density at radius 2 is 2.12 bits per heavy atom. The predicted octanol–water partition coefficient (Wildman–Crippen LogP) is 2.33. The average Bonchev–Trinajstić information content (AvgIpc) is 3.02. The third-order valence-corrected chi connectivity index (χ3v) is 4.79. The number of nitrogens with zero attached hydrogens (tertiary/aromatic N) is 1. The summed E-state index contributed by atoms with van der Waals surface area (Å²) in [5, 5.41) is 4.25. The van der Waals surface area contributed by atoms with Gasteiger partial charge in [-0.05, 0) is 38.0 Å². The van der Waals surface area contributed by atoms with Crippen molar-refractivity contribution in [3.8, 4) is 0 Å². The van der Waals surface area contributed by atoms with Gasteiger partial charge in [-0.1, -0.05) is 18.2 Å². The molecule has 5 nitrogen and oxygen atoms in total. The number of para-hydroxylation sites is 1. The van der Waals surface area contributed by atoms with Gasteiger partial charge in [0.25, 0.3) is 5.91 Å². The van der Waals surface area contributed by atoms with Crippen LogP contribution in [-0.2, 0) is 20.7 Å². The second-order valence-corrected chi connectivity index (χ2v) is 6.78. The van der Waals surface area contributed by atoms with E-state index in [0.717, 1.165) is 17.3 Å². The molecule has 0 bridgehead atoms. The van der Waals surface area contributed by atoms with Crippen LogP contribution in [0, 0.1) is 5.92 Å². The lowest BCUT2D eigenvalue weighted by atomic mass is 9.92. The summed E-state index contributed by atoms with van der Waals surface area (Å²) in [5.74, 6) is 0.137. The molecule has 3 rings (SSSR count). The summed E-state index contributed by atoms with van der Waals surface area (Å²) in [5.41, 5.74) is 1.40. The van der Waals surface area contributed by atoms with Crippen LogP contribution in [0.3, 0.4) is 0 Å². The fraction of sp³-hybridized carbons (Fsp3) is 0.474. The highest BCUT2D eigenvalue weighted by Crippen LogP contribution is 2.24. The summed E-state index contributed by atoms with van der Waals surface area (Å²) < 4.78 is 10.9. The van der Waals surface area contributed by atoms with Crippen LogP contribution in [0.15, 0.2) is 36.5 Å². The molecule has 1 saturated heterocycles. The number of ether oxygens (including phenoxy) is 2. The van der Waals surface area contributed by atoms with Crippen molar-refractivity contribution < 1.29 is 14.3 Å². The van der Waals surface area contributed by atoms with E-state index in [4.69, 9.17) is 9.47 Å². The van der Waals surface area contributed by atoms with E-state index in [2.05, 4.69) is 22.4 Å². The average molecular weight is 328 g/mol. The summed E-state index contributed by atoms with van der Waals surface area (Å²) in [6, 6.07) is 10.2. The third-order valence-electron chi connectivity index (χ3n) is 4.79. The molecule has 2 heterocycles. The molecule has 0 saturated carbocycles. The van der Waals surface area contributed by atoms with E-state index >= 15 is 0 Å². The van der Waals surface area contributed by atoms with E-state index in [1.807, 2.05) is 24.4 Å². The number of hydrogen-bond donors (Lipinski definition) is 1. The highest BCUT2D eigenvalue weighted by molar-refractivity contribution is 5.84. The molecule has 24 heavy (non-hydrogen) atoms. The molecule has 1 aliphatic heterocycles. The first-order valence-electron chi connectivity index (χ1n) is 8.28. The number of carbonyl (C=O) groups is 1. The van der Waals surface area contributed by atoms with Crippen LogP contribution in [0.4, 0.5) is 0 Å². The van der Waals surface area contributed by atoms with Gasteiger partial charge in [0, 0.05) is 24.6 Å². The monoisotopic (exact) mass is 328 g/mol. The molecule has 0 spiro atoms. The molecule has 1 aromatic heterocycles. The van der Waals surface area contributed by atoms with Crippen LogP contribution >= 0.6 is 0 Å². The Kier molecular flexibility index (Phi) is 4.83. The molecule has 2 unspecified atom stereocenters. The predicted molar refractivity (Wildman–Crippen MR) is 92.8 cm³/mol. The Hall–Kier alpha value is -1.98. The van der Waals surface area contributed by atoms with Gasteiger partial charge >= 0.3 is 0 Å². The van der Waals surface area contributed by atoms with Crippen LogP contribution in [0.5, 0.6) is 0 Å². The van der Waals surface area contributed by atoms with Gasteiger partial charge in [-0.25, -0.2) is 0 Å². The SMILES string of the molecule is COC(C)(C)C(=O)NC1COCC1Cc1ccnc2ccccc12. The van der Waals surface area contributed by atoms with Crippen LogP contribution in [0.1, 0.15) is 19.4 Å². The maximum Gasteiger partial charge on any atom is 0.251 e. The first kappa shape index (κ1) is 16.9. The van der Waals surface area contributed by atoms with Gasteiger partial charge in [0.1, 0.15) is 5.60 Å². The zero-order valence-corrected chi connectivity index (χ0v) is 14.4. The molecule has 2 aromatic rings. The molecule has 128 valence electrons. The number of hydrogen-bond acceptors (Lipinski definition) is 4. The van der Waals surface area contributed by atoms with E-state index in [0.29, 0.717) is 13.2 Å². The van der Waals surface area contributed by atoms with Gasteiger partial charge in [-0.3, -0.25) is 9.78 Å². The lowest BCUT2D eigenvalue weighted by molar-refractivity contribution is -0.140. The van der Waals surface area contributed by atoms with Crippen LogP contribution in [-0.4, -0.2) is 42.9 Å². The van der Waals surface area contributed by atoms with Crippen molar-refractivity contribution in [2.75, 3.05) is 20.3 Å². The van der Waals surface area contributed by atoms with Crippen molar-refractivity contribution in [1.29, 1.82) is 0 Å². The Balaban J connectivity index is 1.75. The summed E-state index contributed by atoms with van der Waals surface area (Å²) in [7, 11) is 1.55.